The Hall–Kier alpha value is -5.93. The number of anilines is 3. The number of aromatic nitrogens is 1. The highest BCUT2D eigenvalue weighted by atomic mass is 16.3. The van der Waals surface area contributed by atoms with Gasteiger partial charge in [0.25, 0.3) is 0 Å². The van der Waals surface area contributed by atoms with Crippen LogP contribution in [0.2, 0.25) is 0 Å². The molecule has 0 radical (unpaired) electrons. The molecule has 8 rings (SSSR count). The Morgan fingerprint density at radius 3 is 1.34 bits per heavy atom. The van der Waals surface area contributed by atoms with E-state index < -0.39 is 0 Å². The summed E-state index contributed by atoms with van der Waals surface area (Å²) >= 11 is 0. The van der Waals surface area contributed by atoms with E-state index >= 15 is 0 Å². The van der Waals surface area contributed by atoms with Crippen molar-refractivity contribution in [2.75, 3.05) is 4.90 Å². The standard InChI is InChI=1S/C41H28N2O/c1-3-9-29(10-4-1)31-15-17-32(18-16-31)34-21-25-36(26-22-34)43(35-23-19-33(20-24-35)30-11-5-2-6-12-30)38-27-42-28-40-41(38)37-13-7-8-14-39(37)44-40/h1-28H. The second kappa shape index (κ2) is 11.0. The molecule has 3 nitrogen and oxygen atoms in total. The molecule has 6 aromatic carbocycles. The Balaban J connectivity index is 1.22. The molecule has 2 aromatic heterocycles. The first-order chi connectivity index (χ1) is 21.8. The highest BCUT2D eigenvalue weighted by molar-refractivity contribution is 6.12. The van der Waals surface area contributed by atoms with E-state index in [4.69, 9.17) is 4.42 Å². The fraction of sp³-hybridized carbons (Fsp3) is 0. The Morgan fingerprint density at radius 1 is 0.386 bits per heavy atom. The Kier molecular flexibility index (Phi) is 6.47. The van der Waals surface area contributed by atoms with E-state index in [1.54, 1.807) is 6.20 Å². The average molecular weight is 565 g/mol. The number of pyridine rings is 1. The Labute approximate surface area is 256 Å². The SMILES string of the molecule is c1ccc(-c2ccc(-c3ccc(N(c4ccc(-c5ccccc5)cc4)c4cncc5oc6ccccc6c45)cc3)cc2)cc1. The summed E-state index contributed by atoms with van der Waals surface area (Å²) in [6.45, 7) is 0. The summed E-state index contributed by atoms with van der Waals surface area (Å²) < 4.78 is 6.22. The van der Waals surface area contributed by atoms with Crippen LogP contribution in [0.5, 0.6) is 0 Å². The van der Waals surface area contributed by atoms with E-state index in [1.165, 1.54) is 27.8 Å². The van der Waals surface area contributed by atoms with Gasteiger partial charge in [-0.05, 0) is 63.7 Å². The second-order valence-electron chi connectivity index (χ2n) is 10.9. The smallest absolute Gasteiger partial charge is 0.155 e. The lowest BCUT2D eigenvalue weighted by Gasteiger charge is -2.26. The largest absolute Gasteiger partial charge is 0.454 e. The van der Waals surface area contributed by atoms with Gasteiger partial charge in [0.15, 0.2) is 5.58 Å². The zero-order chi connectivity index (χ0) is 29.3. The van der Waals surface area contributed by atoms with Gasteiger partial charge in [0, 0.05) is 16.8 Å². The molecule has 3 heteroatoms. The molecule has 0 atom stereocenters. The maximum atomic E-state index is 6.22. The minimum absolute atomic E-state index is 0.768. The molecule has 0 bridgehead atoms. The quantitative estimate of drug-likeness (QED) is 0.201. The number of rotatable bonds is 6. The number of nitrogens with zero attached hydrogens (tertiary/aromatic N) is 2. The first kappa shape index (κ1) is 25.8. The van der Waals surface area contributed by atoms with Crippen molar-refractivity contribution in [1.82, 2.24) is 4.98 Å². The predicted octanol–water partition coefficient (Wildman–Crippen LogP) is 11.5. The number of hydrogen-bond donors (Lipinski definition) is 0. The van der Waals surface area contributed by atoms with Gasteiger partial charge >= 0.3 is 0 Å². The van der Waals surface area contributed by atoms with Gasteiger partial charge in [0.2, 0.25) is 0 Å². The molecule has 0 saturated heterocycles. The van der Waals surface area contributed by atoms with Crippen LogP contribution in [-0.4, -0.2) is 4.98 Å². The summed E-state index contributed by atoms with van der Waals surface area (Å²) in [7, 11) is 0. The maximum Gasteiger partial charge on any atom is 0.155 e. The van der Waals surface area contributed by atoms with Gasteiger partial charge in [-0.25, -0.2) is 0 Å². The Morgan fingerprint density at radius 2 is 0.818 bits per heavy atom. The number of benzene rings is 6. The molecule has 2 heterocycles. The van der Waals surface area contributed by atoms with Crippen molar-refractivity contribution in [3.63, 3.8) is 0 Å². The van der Waals surface area contributed by atoms with Gasteiger partial charge in [-0.2, -0.15) is 0 Å². The lowest BCUT2D eigenvalue weighted by atomic mass is 10.00. The van der Waals surface area contributed by atoms with Crippen LogP contribution in [0.15, 0.2) is 175 Å². The van der Waals surface area contributed by atoms with Crippen LogP contribution >= 0.6 is 0 Å². The van der Waals surface area contributed by atoms with Crippen molar-refractivity contribution in [1.29, 1.82) is 0 Å². The molecule has 0 aliphatic rings. The minimum atomic E-state index is 0.768. The summed E-state index contributed by atoms with van der Waals surface area (Å²) in [5, 5.41) is 2.12. The van der Waals surface area contributed by atoms with E-state index in [1.807, 2.05) is 30.5 Å². The molecule has 0 N–H and O–H groups in total. The van der Waals surface area contributed by atoms with Gasteiger partial charge in [-0.15, -0.1) is 0 Å². The summed E-state index contributed by atoms with van der Waals surface area (Å²) in [4.78, 5) is 6.88. The summed E-state index contributed by atoms with van der Waals surface area (Å²) in [6, 6.07) is 55.4. The highest BCUT2D eigenvalue weighted by Crippen LogP contribution is 2.43. The zero-order valence-corrected chi connectivity index (χ0v) is 24.0. The molecule has 0 unspecified atom stereocenters. The van der Waals surface area contributed by atoms with Crippen LogP contribution in [0.1, 0.15) is 0 Å². The molecule has 208 valence electrons. The zero-order valence-electron chi connectivity index (χ0n) is 24.0. The van der Waals surface area contributed by atoms with E-state index in [9.17, 15) is 0 Å². The van der Waals surface area contributed by atoms with Crippen molar-refractivity contribution in [2.45, 2.75) is 0 Å². The molecule has 0 fully saturated rings. The average Bonchev–Trinajstić information content (AvgIpc) is 3.49. The van der Waals surface area contributed by atoms with E-state index in [2.05, 4.69) is 143 Å². The third kappa shape index (κ3) is 4.71. The minimum Gasteiger partial charge on any atom is -0.454 e. The van der Waals surface area contributed by atoms with Gasteiger partial charge in [0.05, 0.1) is 23.5 Å². The molecule has 8 aromatic rings. The molecule has 0 amide bonds. The fourth-order valence-corrected chi connectivity index (χ4v) is 5.98. The van der Waals surface area contributed by atoms with Crippen LogP contribution in [0.25, 0.3) is 55.3 Å². The van der Waals surface area contributed by atoms with Crippen molar-refractivity contribution in [3.8, 4) is 33.4 Å². The number of fused-ring (bicyclic) bond motifs is 3. The summed E-state index contributed by atoms with van der Waals surface area (Å²) in [5.74, 6) is 0. The highest BCUT2D eigenvalue weighted by Gasteiger charge is 2.20. The van der Waals surface area contributed by atoms with Crippen LogP contribution in [0, 0.1) is 0 Å². The molecular formula is C41H28N2O. The van der Waals surface area contributed by atoms with Crippen LogP contribution in [0.4, 0.5) is 17.1 Å². The van der Waals surface area contributed by atoms with Gasteiger partial charge in [0.1, 0.15) is 5.58 Å². The summed E-state index contributed by atoms with van der Waals surface area (Å²) in [6.07, 6.45) is 3.74. The summed E-state index contributed by atoms with van der Waals surface area (Å²) in [5.41, 5.74) is 11.8. The Bertz CT molecular complexity index is 2180. The van der Waals surface area contributed by atoms with Crippen LogP contribution < -0.4 is 4.90 Å². The fourth-order valence-electron chi connectivity index (χ4n) is 5.98. The molecular weight excluding hydrogens is 536 g/mol. The van der Waals surface area contributed by atoms with Gasteiger partial charge in [-0.3, -0.25) is 4.98 Å². The van der Waals surface area contributed by atoms with E-state index in [-0.39, 0.29) is 0 Å². The lowest BCUT2D eigenvalue weighted by Crippen LogP contribution is -2.10. The second-order valence-corrected chi connectivity index (χ2v) is 10.9. The third-order valence-corrected chi connectivity index (χ3v) is 8.19. The van der Waals surface area contributed by atoms with Crippen molar-refractivity contribution >= 4 is 39.0 Å². The first-order valence-corrected chi connectivity index (χ1v) is 14.8. The monoisotopic (exact) mass is 564 g/mol. The normalized spacial score (nSPS) is 11.2. The number of hydrogen-bond acceptors (Lipinski definition) is 3. The van der Waals surface area contributed by atoms with E-state index in [0.29, 0.717) is 0 Å². The number of furan rings is 1. The van der Waals surface area contributed by atoms with Crippen molar-refractivity contribution in [2.24, 2.45) is 0 Å². The number of para-hydroxylation sites is 1. The van der Waals surface area contributed by atoms with E-state index in [0.717, 1.165) is 44.6 Å². The lowest BCUT2D eigenvalue weighted by molar-refractivity contribution is 0.667. The molecule has 0 aliphatic carbocycles. The molecule has 0 spiro atoms. The topological polar surface area (TPSA) is 29.3 Å². The van der Waals surface area contributed by atoms with Crippen molar-refractivity contribution in [3.05, 3.63) is 170 Å². The van der Waals surface area contributed by atoms with Gasteiger partial charge < -0.3 is 9.32 Å². The third-order valence-electron chi connectivity index (χ3n) is 8.19. The molecule has 0 aliphatic heterocycles. The maximum absolute atomic E-state index is 6.22. The molecule has 0 saturated carbocycles. The molecule has 44 heavy (non-hydrogen) atoms. The van der Waals surface area contributed by atoms with Crippen LogP contribution in [-0.2, 0) is 0 Å². The van der Waals surface area contributed by atoms with Crippen LogP contribution in [0.3, 0.4) is 0 Å². The van der Waals surface area contributed by atoms with Gasteiger partial charge in [-0.1, -0.05) is 127 Å². The van der Waals surface area contributed by atoms with Crippen molar-refractivity contribution < 1.29 is 4.42 Å². The first-order valence-electron chi connectivity index (χ1n) is 14.8. The predicted molar refractivity (Wildman–Crippen MR) is 183 cm³/mol.